The van der Waals surface area contributed by atoms with Crippen molar-refractivity contribution in [3.8, 4) is 11.1 Å². The third kappa shape index (κ3) is 4.70. The second-order valence-electron chi connectivity index (χ2n) is 5.10. The molecular formula is C15H15F3N2O2S. The van der Waals surface area contributed by atoms with Crippen molar-refractivity contribution in [1.29, 1.82) is 0 Å². The summed E-state index contributed by atoms with van der Waals surface area (Å²) in [6.07, 6.45) is -3.46. The average Bonchev–Trinajstić information content (AvgIpc) is 2.44. The number of hydrogen-bond acceptors (Lipinski definition) is 3. The van der Waals surface area contributed by atoms with Crippen molar-refractivity contribution in [2.24, 2.45) is 5.73 Å². The molecule has 1 atom stereocenters. The maximum Gasteiger partial charge on any atom is 0.407 e. The lowest BCUT2D eigenvalue weighted by Gasteiger charge is -2.16. The average molecular weight is 344 g/mol. The van der Waals surface area contributed by atoms with Crippen LogP contribution in [0.25, 0.3) is 11.1 Å². The monoisotopic (exact) mass is 344 g/mol. The quantitative estimate of drug-likeness (QED) is 0.894. The first kappa shape index (κ1) is 17.3. The van der Waals surface area contributed by atoms with Gasteiger partial charge in [-0.15, -0.1) is 0 Å². The number of nitrogens with one attached hydrogen (secondary N) is 1. The Morgan fingerprint density at radius 1 is 1.04 bits per heavy atom. The molecule has 0 unspecified atom stereocenters. The lowest BCUT2D eigenvalue weighted by molar-refractivity contribution is -0.149. The third-order valence-electron chi connectivity index (χ3n) is 3.12. The van der Waals surface area contributed by atoms with Crippen molar-refractivity contribution in [3.63, 3.8) is 0 Å². The van der Waals surface area contributed by atoms with Gasteiger partial charge >= 0.3 is 6.18 Å². The van der Waals surface area contributed by atoms with Gasteiger partial charge < -0.3 is 5.73 Å². The molecule has 2 aromatic rings. The molecule has 0 heterocycles. The van der Waals surface area contributed by atoms with E-state index in [4.69, 9.17) is 5.73 Å². The van der Waals surface area contributed by atoms with Gasteiger partial charge in [0.15, 0.2) is 0 Å². The Labute approximate surface area is 132 Å². The largest absolute Gasteiger partial charge is 0.407 e. The molecule has 0 saturated carbocycles. The van der Waals surface area contributed by atoms with Gasteiger partial charge in [0.2, 0.25) is 10.0 Å². The van der Waals surface area contributed by atoms with Crippen LogP contribution in [0.4, 0.5) is 18.9 Å². The minimum Gasteiger partial charge on any atom is -0.316 e. The molecule has 2 rings (SSSR count). The Hall–Kier alpha value is -2.06. The van der Waals surface area contributed by atoms with Gasteiger partial charge in [-0.1, -0.05) is 36.4 Å². The summed E-state index contributed by atoms with van der Waals surface area (Å²) < 4.78 is 62.5. The molecule has 0 aliphatic rings. The predicted molar refractivity (Wildman–Crippen MR) is 83.3 cm³/mol. The molecule has 0 saturated heterocycles. The topological polar surface area (TPSA) is 72.2 Å². The van der Waals surface area contributed by atoms with Crippen LogP contribution in [0.3, 0.4) is 0 Å². The Balaban J connectivity index is 2.28. The first-order valence-electron chi connectivity index (χ1n) is 6.57. The minimum absolute atomic E-state index is 0.0355. The lowest BCUT2D eigenvalue weighted by Crippen LogP contribution is -2.28. The first-order chi connectivity index (χ1) is 10.6. The summed E-state index contributed by atoms with van der Waals surface area (Å²) in [7, 11) is -3.40. The molecule has 0 aliphatic carbocycles. The van der Waals surface area contributed by atoms with Crippen LogP contribution < -0.4 is 10.5 Å². The zero-order valence-corrected chi connectivity index (χ0v) is 12.9. The van der Waals surface area contributed by atoms with E-state index in [-0.39, 0.29) is 5.56 Å². The van der Waals surface area contributed by atoms with Gasteiger partial charge in [0.05, 0.1) is 6.26 Å². The van der Waals surface area contributed by atoms with Gasteiger partial charge in [-0.25, -0.2) is 8.42 Å². The highest BCUT2D eigenvalue weighted by Gasteiger charge is 2.37. The smallest absolute Gasteiger partial charge is 0.316 e. The van der Waals surface area contributed by atoms with E-state index < -0.39 is 22.2 Å². The standard InChI is InChI=1S/C15H15F3N2O2S/c1-23(21,22)20-13-4-2-3-12(9-13)10-5-7-11(8-6-10)14(19)15(16,17)18/h2-9,14,20H,19H2,1H3/t14-/m0/s1. The van der Waals surface area contributed by atoms with Crippen LogP contribution in [0.5, 0.6) is 0 Å². The van der Waals surface area contributed by atoms with Gasteiger partial charge in [-0.05, 0) is 28.8 Å². The Kier molecular flexibility index (Phi) is 4.67. The van der Waals surface area contributed by atoms with Gasteiger partial charge in [-0.2, -0.15) is 13.2 Å². The zero-order valence-electron chi connectivity index (χ0n) is 12.1. The van der Waals surface area contributed by atoms with Crippen LogP contribution in [0.2, 0.25) is 0 Å². The minimum atomic E-state index is -4.50. The maximum atomic E-state index is 12.6. The van der Waals surface area contributed by atoms with E-state index in [0.29, 0.717) is 16.8 Å². The van der Waals surface area contributed by atoms with Crippen molar-refractivity contribution in [2.75, 3.05) is 11.0 Å². The molecule has 8 heteroatoms. The van der Waals surface area contributed by atoms with E-state index in [1.807, 2.05) is 0 Å². The highest BCUT2D eigenvalue weighted by molar-refractivity contribution is 7.92. The Morgan fingerprint density at radius 2 is 1.65 bits per heavy atom. The molecule has 2 aromatic carbocycles. The number of sulfonamides is 1. The van der Waals surface area contributed by atoms with Crippen LogP contribution in [0.15, 0.2) is 48.5 Å². The van der Waals surface area contributed by atoms with E-state index >= 15 is 0 Å². The van der Waals surface area contributed by atoms with Crippen LogP contribution in [-0.4, -0.2) is 20.8 Å². The van der Waals surface area contributed by atoms with E-state index in [0.717, 1.165) is 6.26 Å². The molecule has 0 aliphatic heterocycles. The van der Waals surface area contributed by atoms with Gasteiger partial charge in [0.25, 0.3) is 0 Å². The molecule has 0 bridgehead atoms. The molecule has 124 valence electrons. The summed E-state index contributed by atoms with van der Waals surface area (Å²) in [5, 5.41) is 0. The normalized spacial score (nSPS) is 13.6. The lowest BCUT2D eigenvalue weighted by atomic mass is 10.0. The summed E-state index contributed by atoms with van der Waals surface area (Å²) in [4.78, 5) is 0. The summed E-state index contributed by atoms with van der Waals surface area (Å²) in [6, 6.07) is 10.2. The predicted octanol–water partition coefficient (Wildman–Crippen LogP) is 3.29. The van der Waals surface area contributed by atoms with Crippen molar-refractivity contribution in [1.82, 2.24) is 0 Å². The second-order valence-corrected chi connectivity index (χ2v) is 6.84. The summed E-state index contributed by atoms with van der Waals surface area (Å²) >= 11 is 0. The van der Waals surface area contributed by atoms with Crippen LogP contribution in [0.1, 0.15) is 11.6 Å². The molecular weight excluding hydrogens is 329 g/mol. The Bertz CT molecular complexity index is 787. The summed E-state index contributed by atoms with van der Waals surface area (Å²) in [5.74, 6) is 0. The Morgan fingerprint density at radius 3 is 2.17 bits per heavy atom. The maximum absolute atomic E-state index is 12.6. The SMILES string of the molecule is CS(=O)(=O)Nc1cccc(-c2ccc([C@H](N)C(F)(F)F)cc2)c1. The first-order valence-corrected chi connectivity index (χ1v) is 8.46. The molecule has 0 spiro atoms. The highest BCUT2D eigenvalue weighted by Crippen LogP contribution is 2.32. The van der Waals surface area contributed by atoms with Gasteiger partial charge in [0.1, 0.15) is 6.04 Å². The molecule has 0 radical (unpaired) electrons. The summed E-state index contributed by atoms with van der Waals surface area (Å²) in [5.41, 5.74) is 6.82. The van der Waals surface area contributed by atoms with Crippen molar-refractivity contribution in [2.45, 2.75) is 12.2 Å². The fraction of sp³-hybridized carbons (Fsp3) is 0.200. The van der Waals surface area contributed by atoms with Crippen molar-refractivity contribution >= 4 is 15.7 Å². The third-order valence-corrected chi connectivity index (χ3v) is 3.73. The van der Waals surface area contributed by atoms with Crippen molar-refractivity contribution in [3.05, 3.63) is 54.1 Å². The second kappa shape index (κ2) is 6.21. The molecule has 23 heavy (non-hydrogen) atoms. The van der Waals surface area contributed by atoms with Crippen LogP contribution >= 0.6 is 0 Å². The van der Waals surface area contributed by atoms with Crippen molar-refractivity contribution < 1.29 is 21.6 Å². The fourth-order valence-electron chi connectivity index (χ4n) is 2.05. The van der Waals surface area contributed by atoms with Gasteiger partial charge in [0, 0.05) is 5.69 Å². The number of hydrogen-bond donors (Lipinski definition) is 2. The molecule has 0 amide bonds. The van der Waals surface area contributed by atoms with Crippen LogP contribution in [0, 0.1) is 0 Å². The zero-order chi connectivity index (χ0) is 17.3. The number of nitrogens with two attached hydrogens (primary N) is 1. The number of anilines is 1. The fourth-order valence-corrected chi connectivity index (χ4v) is 2.60. The van der Waals surface area contributed by atoms with Crippen LogP contribution in [-0.2, 0) is 10.0 Å². The van der Waals surface area contributed by atoms with E-state index in [1.54, 1.807) is 24.3 Å². The molecule has 3 N–H and O–H groups in total. The van der Waals surface area contributed by atoms with E-state index in [9.17, 15) is 21.6 Å². The molecule has 0 aromatic heterocycles. The molecule has 4 nitrogen and oxygen atoms in total. The van der Waals surface area contributed by atoms with E-state index in [1.165, 1.54) is 24.3 Å². The number of benzene rings is 2. The number of rotatable bonds is 4. The summed E-state index contributed by atoms with van der Waals surface area (Å²) in [6.45, 7) is 0. The van der Waals surface area contributed by atoms with E-state index in [2.05, 4.69) is 4.72 Å². The number of halogens is 3. The number of alkyl halides is 3. The highest BCUT2D eigenvalue weighted by atomic mass is 32.2. The van der Waals surface area contributed by atoms with Gasteiger partial charge in [-0.3, -0.25) is 4.72 Å². The molecule has 0 fully saturated rings.